The number of nitrogens with zero attached hydrogens (tertiary/aromatic N) is 1. The molecule has 3 aliphatic carbocycles. The van der Waals surface area contributed by atoms with Gasteiger partial charge in [-0.1, -0.05) is 12.1 Å². The summed E-state index contributed by atoms with van der Waals surface area (Å²) in [6.45, 7) is 0. The quantitative estimate of drug-likeness (QED) is 0.467. The molecular weight excluding hydrogens is 361 g/mol. The Balaban J connectivity index is 0.00000121. The fraction of sp³-hybridized carbons (Fsp3) is 0.562. The summed E-state index contributed by atoms with van der Waals surface area (Å²) in [5.41, 5.74) is 10.8. The molecule has 4 rings (SSSR count). The van der Waals surface area contributed by atoms with Gasteiger partial charge < -0.3 is 11.1 Å². The zero-order valence-corrected chi connectivity index (χ0v) is 14.0. The molecule has 3 nitrogen and oxygen atoms in total. The van der Waals surface area contributed by atoms with Gasteiger partial charge in [-0.25, -0.2) is 4.99 Å². The standard InChI is InChI=1S/C16H21N3.HI/c17-15(19-14-10-16(14)8-9-16)18-13-7-3-5-11-4-1-2-6-12(11)13;/h3,5,7,14H,1-2,4,6,8-10H2,(H3,17,18,19);1H. The van der Waals surface area contributed by atoms with Crippen molar-refractivity contribution in [3.05, 3.63) is 29.3 Å². The lowest BCUT2D eigenvalue weighted by molar-refractivity contribution is 0.687. The number of halogens is 1. The van der Waals surface area contributed by atoms with E-state index in [0.717, 1.165) is 0 Å². The lowest BCUT2D eigenvalue weighted by Gasteiger charge is -2.19. The molecule has 0 heterocycles. The van der Waals surface area contributed by atoms with Crippen LogP contribution in [0.25, 0.3) is 0 Å². The van der Waals surface area contributed by atoms with Crippen LogP contribution < -0.4 is 11.1 Å². The van der Waals surface area contributed by atoms with Gasteiger partial charge in [-0.2, -0.15) is 0 Å². The summed E-state index contributed by atoms with van der Waals surface area (Å²) in [7, 11) is 0. The number of fused-ring (bicyclic) bond motifs is 1. The summed E-state index contributed by atoms with van der Waals surface area (Å²) in [5.74, 6) is 0.604. The van der Waals surface area contributed by atoms with Gasteiger partial charge in [0, 0.05) is 5.69 Å². The van der Waals surface area contributed by atoms with E-state index in [9.17, 15) is 0 Å². The molecule has 0 aromatic heterocycles. The molecule has 1 aromatic rings. The van der Waals surface area contributed by atoms with Crippen LogP contribution in [0.3, 0.4) is 0 Å². The highest BCUT2D eigenvalue weighted by Gasteiger charge is 2.63. The zero-order chi connectivity index (χ0) is 12.9. The number of hydrogen-bond donors (Lipinski definition) is 2. The van der Waals surface area contributed by atoms with Crippen molar-refractivity contribution in [3.63, 3.8) is 0 Å². The molecule has 2 saturated carbocycles. The molecule has 1 atom stereocenters. The van der Waals surface area contributed by atoms with Crippen molar-refractivity contribution in [3.8, 4) is 0 Å². The number of aliphatic imine (C=N–C) groups is 1. The average molecular weight is 383 g/mol. The highest BCUT2D eigenvalue weighted by molar-refractivity contribution is 14.0. The third kappa shape index (κ3) is 2.54. The van der Waals surface area contributed by atoms with E-state index in [0.29, 0.717) is 17.4 Å². The van der Waals surface area contributed by atoms with E-state index in [2.05, 4.69) is 28.5 Å². The fourth-order valence-electron chi connectivity index (χ4n) is 3.44. The molecule has 0 bridgehead atoms. The Labute approximate surface area is 137 Å². The van der Waals surface area contributed by atoms with Crippen LogP contribution in [0.15, 0.2) is 23.2 Å². The van der Waals surface area contributed by atoms with E-state index in [1.807, 2.05) is 0 Å². The van der Waals surface area contributed by atoms with Crippen molar-refractivity contribution in [2.45, 2.75) is 51.0 Å². The Bertz CT molecular complexity index is 549. The van der Waals surface area contributed by atoms with Crippen molar-refractivity contribution >= 4 is 35.6 Å². The smallest absolute Gasteiger partial charge is 0.193 e. The van der Waals surface area contributed by atoms with Crippen molar-refractivity contribution in [1.29, 1.82) is 0 Å². The largest absolute Gasteiger partial charge is 0.370 e. The highest BCUT2D eigenvalue weighted by atomic mass is 127. The molecule has 1 spiro atoms. The fourth-order valence-corrected chi connectivity index (χ4v) is 3.44. The Morgan fingerprint density at radius 3 is 2.80 bits per heavy atom. The predicted octanol–water partition coefficient (Wildman–Crippen LogP) is 3.46. The Morgan fingerprint density at radius 2 is 2.05 bits per heavy atom. The van der Waals surface area contributed by atoms with Gasteiger partial charge >= 0.3 is 0 Å². The molecule has 0 saturated heterocycles. The average Bonchev–Trinajstić information content (AvgIpc) is 3.32. The summed E-state index contributed by atoms with van der Waals surface area (Å²) in [4.78, 5) is 4.63. The Kier molecular flexibility index (Phi) is 3.69. The molecule has 3 aliphatic rings. The first-order valence-electron chi connectivity index (χ1n) is 7.48. The summed E-state index contributed by atoms with van der Waals surface area (Å²) < 4.78 is 0. The van der Waals surface area contributed by atoms with Crippen LogP contribution in [0.2, 0.25) is 0 Å². The topological polar surface area (TPSA) is 50.4 Å². The monoisotopic (exact) mass is 383 g/mol. The summed E-state index contributed by atoms with van der Waals surface area (Å²) in [6.07, 6.45) is 8.93. The van der Waals surface area contributed by atoms with Crippen LogP contribution in [-0.4, -0.2) is 12.0 Å². The van der Waals surface area contributed by atoms with Gasteiger partial charge in [-0.3, -0.25) is 0 Å². The Hall–Kier alpha value is -0.780. The van der Waals surface area contributed by atoms with E-state index in [1.54, 1.807) is 0 Å². The number of nitrogens with one attached hydrogen (secondary N) is 1. The van der Waals surface area contributed by atoms with Gasteiger partial charge in [0.05, 0.1) is 6.04 Å². The van der Waals surface area contributed by atoms with Gasteiger partial charge in [0.1, 0.15) is 0 Å². The van der Waals surface area contributed by atoms with Crippen molar-refractivity contribution < 1.29 is 0 Å². The predicted molar refractivity (Wildman–Crippen MR) is 93.8 cm³/mol. The zero-order valence-electron chi connectivity index (χ0n) is 11.7. The first-order valence-corrected chi connectivity index (χ1v) is 7.48. The van der Waals surface area contributed by atoms with Crippen LogP contribution >= 0.6 is 24.0 Å². The number of nitrogens with two attached hydrogens (primary N) is 1. The van der Waals surface area contributed by atoms with Crippen molar-refractivity contribution in [2.24, 2.45) is 16.1 Å². The third-order valence-corrected chi connectivity index (χ3v) is 4.99. The third-order valence-electron chi connectivity index (χ3n) is 4.99. The highest BCUT2D eigenvalue weighted by Crippen LogP contribution is 2.67. The van der Waals surface area contributed by atoms with E-state index in [-0.39, 0.29) is 24.0 Å². The van der Waals surface area contributed by atoms with E-state index < -0.39 is 0 Å². The molecule has 20 heavy (non-hydrogen) atoms. The molecule has 4 heteroatoms. The minimum Gasteiger partial charge on any atom is -0.370 e. The minimum absolute atomic E-state index is 0. The first-order chi connectivity index (χ1) is 9.27. The molecule has 1 unspecified atom stereocenters. The summed E-state index contributed by atoms with van der Waals surface area (Å²) in [6, 6.07) is 7.00. The number of hydrogen-bond acceptors (Lipinski definition) is 1. The SMILES string of the molecule is I.NC(=NC1CC12CC2)Nc1cccc2c1CCCC2. The van der Waals surface area contributed by atoms with E-state index >= 15 is 0 Å². The van der Waals surface area contributed by atoms with Gasteiger partial charge in [0.2, 0.25) is 0 Å². The second kappa shape index (κ2) is 5.20. The molecule has 0 amide bonds. The molecule has 1 aromatic carbocycles. The summed E-state index contributed by atoms with van der Waals surface area (Å²) >= 11 is 0. The molecule has 0 aliphatic heterocycles. The van der Waals surface area contributed by atoms with Gasteiger partial charge in [0.15, 0.2) is 5.96 Å². The van der Waals surface area contributed by atoms with Crippen molar-refractivity contribution in [1.82, 2.24) is 0 Å². The number of guanidine groups is 1. The minimum atomic E-state index is 0. The van der Waals surface area contributed by atoms with E-state index in [4.69, 9.17) is 5.73 Å². The van der Waals surface area contributed by atoms with Gasteiger partial charge in [-0.15, -0.1) is 24.0 Å². The van der Waals surface area contributed by atoms with Crippen LogP contribution in [0.4, 0.5) is 5.69 Å². The molecule has 3 N–H and O–H groups in total. The number of aryl methyl sites for hydroxylation is 1. The van der Waals surface area contributed by atoms with Crippen molar-refractivity contribution in [2.75, 3.05) is 5.32 Å². The first kappa shape index (κ1) is 14.2. The molecule has 0 radical (unpaired) electrons. The maximum absolute atomic E-state index is 6.07. The lowest BCUT2D eigenvalue weighted by Crippen LogP contribution is -2.24. The Morgan fingerprint density at radius 1 is 1.25 bits per heavy atom. The summed E-state index contributed by atoms with van der Waals surface area (Å²) in [5, 5.41) is 3.33. The molecule has 2 fully saturated rings. The van der Waals surface area contributed by atoms with Crippen LogP contribution in [0, 0.1) is 5.41 Å². The lowest BCUT2D eigenvalue weighted by atomic mass is 9.90. The number of anilines is 1. The maximum Gasteiger partial charge on any atom is 0.193 e. The second-order valence-electron chi connectivity index (χ2n) is 6.37. The van der Waals surface area contributed by atoms with E-state index in [1.165, 1.54) is 61.8 Å². The van der Waals surface area contributed by atoms with Crippen LogP contribution in [0.5, 0.6) is 0 Å². The van der Waals surface area contributed by atoms with Gasteiger partial charge in [0.25, 0.3) is 0 Å². The van der Waals surface area contributed by atoms with Crippen LogP contribution in [0.1, 0.15) is 43.2 Å². The maximum atomic E-state index is 6.07. The molecular formula is C16H22IN3. The van der Waals surface area contributed by atoms with Crippen LogP contribution in [-0.2, 0) is 12.8 Å². The second-order valence-corrected chi connectivity index (χ2v) is 6.37. The van der Waals surface area contributed by atoms with Gasteiger partial charge in [-0.05, 0) is 67.6 Å². The molecule has 108 valence electrons. The number of benzene rings is 1. The normalized spacial score (nSPS) is 25.6. The number of rotatable bonds is 2.